The molecule has 104 valence electrons. The molecule has 1 unspecified atom stereocenters. The molecule has 2 amide bonds. The van der Waals surface area contributed by atoms with E-state index < -0.39 is 18.0 Å². The molecule has 0 saturated heterocycles. The fraction of sp³-hybridized carbons (Fsp3) is 0.417. The summed E-state index contributed by atoms with van der Waals surface area (Å²) in [6, 6.07) is 0.405. The van der Waals surface area contributed by atoms with E-state index in [4.69, 9.17) is 5.11 Å². The molecule has 1 rings (SSSR count). The second-order valence-electron chi connectivity index (χ2n) is 4.01. The van der Waals surface area contributed by atoms with Crippen LogP contribution < -0.4 is 10.6 Å². The number of aliphatic carboxylic acids is 1. The number of carbonyl (C=O) groups excluding carboxylic acids is 1. The number of urea groups is 1. The van der Waals surface area contributed by atoms with Crippen LogP contribution >= 0.6 is 0 Å². The van der Waals surface area contributed by atoms with E-state index in [0.717, 1.165) is 5.69 Å². The molecule has 0 bridgehead atoms. The zero-order valence-corrected chi connectivity index (χ0v) is 10.8. The summed E-state index contributed by atoms with van der Waals surface area (Å²) in [5.74, 6) is -1.08. The molecule has 0 radical (unpaired) electrons. The standard InChI is InChI=1S/C12H18N4O3/c1-3-4-10(11(17)18)15-12(19)13-7-5-9-6-8-14-16(9)2/h3,6,8,10H,1,4-5,7H2,2H3,(H,17,18)(H2,13,15,19). The fourth-order valence-electron chi connectivity index (χ4n) is 1.55. The molecule has 1 aromatic heterocycles. The second kappa shape index (κ2) is 7.20. The van der Waals surface area contributed by atoms with Crippen LogP contribution in [0.3, 0.4) is 0 Å². The van der Waals surface area contributed by atoms with E-state index in [1.807, 2.05) is 13.1 Å². The van der Waals surface area contributed by atoms with Gasteiger partial charge in [0, 0.05) is 31.9 Å². The van der Waals surface area contributed by atoms with Gasteiger partial charge in [-0.05, 0) is 12.5 Å². The van der Waals surface area contributed by atoms with Gasteiger partial charge in [0.05, 0.1) is 0 Å². The molecular formula is C12H18N4O3. The van der Waals surface area contributed by atoms with Gasteiger partial charge in [0.25, 0.3) is 0 Å². The van der Waals surface area contributed by atoms with Crippen molar-refractivity contribution in [2.24, 2.45) is 7.05 Å². The van der Waals surface area contributed by atoms with Crippen molar-refractivity contribution in [2.75, 3.05) is 6.54 Å². The van der Waals surface area contributed by atoms with Crippen molar-refractivity contribution in [1.82, 2.24) is 20.4 Å². The van der Waals surface area contributed by atoms with Crippen LogP contribution in [-0.4, -0.2) is 39.5 Å². The van der Waals surface area contributed by atoms with E-state index in [9.17, 15) is 9.59 Å². The Morgan fingerprint density at radius 3 is 2.89 bits per heavy atom. The van der Waals surface area contributed by atoms with Gasteiger partial charge in [-0.3, -0.25) is 4.68 Å². The van der Waals surface area contributed by atoms with Gasteiger partial charge < -0.3 is 15.7 Å². The Hall–Kier alpha value is -2.31. The Balaban J connectivity index is 2.33. The van der Waals surface area contributed by atoms with Crippen molar-refractivity contribution < 1.29 is 14.7 Å². The number of carboxylic acids is 1. The average Bonchev–Trinajstić information content (AvgIpc) is 2.74. The van der Waals surface area contributed by atoms with Crippen LogP contribution in [0.15, 0.2) is 24.9 Å². The van der Waals surface area contributed by atoms with Crippen LogP contribution in [0, 0.1) is 0 Å². The second-order valence-corrected chi connectivity index (χ2v) is 4.01. The first-order chi connectivity index (χ1) is 9.04. The quantitative estimate of drug-likeness (QED) is 0.618. The number of rotatable bonds is 7. The third-order valence-electron chi connectivity index (χ3n) is 2.59. The molecule has 0 aliphatic heterocycles. The molecule has 1 aromatic rings. The first-order valence-electron chi connectivity index (χ1n) is 5.89. The molecule has 0 aromatic carbocycles. The number of carbonyl (C=O) groups is 2. The molecule has 7 heteroatoms. The summed E-state index contributed by atoms with van der Waals surface area (Å²) in [6.45, 7) is 3.86. The minimum atomic E-state index is -1.08. The van der Waals surface area contributed by atoms with E-state index in [2.05, 4.69) is 22.3 Å². The summed E-state index contributed by atoms with van der Waals surface area (Å²) >= 11 is 0. The molecule has 0 saturated carbocycles. The Morgan fingerprint density at radius 1 is 1.63 bits per heavy atom. The third kappa shape index (κ3) is 4.82. The average molecular weight is 266 g/mol. The highest BCUT2D eigenvalue weighted by Gasteiger charge is 2.17. The van der Waals surface area contributed by atoms with Crippen molar-refractivity contribution in [3.63, 3.8) is 0 Å². The summed E-state index contributed by atoms with van der Waals surface area (Å²) < 4.78 is 1.72. The molecule has 0 fully saturated rings. The van der Waals surface area contributed by atoms with Crippen molar-refractivity contribution in [1.29, 1.82) is 0 Å². The maximum atomic E-state index is 11.5. The molecule has 0 spiro atoms. The Labute approximate surface area is 111 Å². The predicted octanol–water partition coefficient (Wildman–Crippen LogP) is 0.291. The molecule has 19 heavy (non-hydrogen) atoms. The van der Waals surface area contributed by atoms with E-state index in [0.29, 0.717) is 13.0 Å². The van der Waals surface area contributed by atoms with Crippen LogP contribution in [0.25, 0.3) is 0 Å². The lowest BCUT2D eigenvalue weighted by Crippen LogP contribution is -2.46. The van der Waals surface area contributed by atoms with Crippen LogP contribution in [0.1, 0.15) is 12.1 Å². The first kappa shape index (κ1) is 14.7. The van der Waals surface area contributed by atoms with Crippen molar-refractivity contribution >= 4 is 12.0 Å². The molecule has 1 heterocycles. The van der Waals surface area contributed by atoms with Crippen molar-refractivity contribution in [3.05, 3.63) is 30.6 Å². The van der Waals surface area contributed by atoms with Crippen LogP contribution in [0.5, 0.6) is 0 Å². The van der Waals surface area contributed by atoms with E-state index >= 15 is 0 Å². The molecule has 0 aliphatic carbocycles. The summed E-state index contributed by atoms with van der Waals surface area (Å²) in [5.41, 5.74) is 0.987. The van der Waals surface area contributed by atoms with Gasteiger partial charge in [-0.2, -0.15) is 5.10 Å². The summed E-state index contributed by atoms with van der Waals surface area (Å²) in [6.07, 6.45) is 3.95. The van der Waals surface area contributed by atoms with Gasteiger partial charge in [0.2, 0.25) is 0 Å². The number of hydrogen-bond donors (Lipinski definition) is 3. The van der Waals surface area contributed by atoms with Crippen molar-refractivity contribution in [3.8, 4) is 0 Å². The molecular weight excluding hydrogens is 248 g/mol. The zero-order valence-electron chi connectivity index (χ0n) is 10.8. The van der Waals surface area contributed by atoms with Gasteiger partial charge in [0.15, 0.2) is 0 Å². The fourth-order valence-corrected chi connectivity index (χ4v) is 1.55. The van der Waals surface area contributed by atoms with Crippen LogP contribution in [0.4, 0.5) is 4.79 Å². The maximum Gasteiger partial charge on any atom is 0.326 e. The number of nitrogens with one attached hydrogen (secondary N) is 2. The minimum absolute atomic E-state index is 0.185. The van der Waals surface area contributed by atoms with Gasteiger partial charge >= 0.3 is 12.0 Å². The summed E-state index contributed by atoms with van der Waals surface area (Å²) in [4.78, 5) is 22.3. The smallest absolute Gasteiger partial charge is 0.326 e. The number of carboxylic acid groups (broad SMARTS) is 1. The van der Waals surface area contributed by atoms with Gasteiger partial charge in [-0.15, -0.1) is 6.58 Å². The molecule has 1 atom stereocenters. The van der Waals surface area contributed by atoms with E-state index in [1.165, 1.54) is 6.08 Å². The number of aryl methyl sites for hydroxylation is 1. The van der Waals surface area contributed by atoms with Crippen LogP contribution in [-0.2, 0) is 18.3 Å². The largest absolute Gasteiger partial charge is 0.480 e. The van der Waals surface area contributed by atoms with E-state index in [-0.39, 0.29) is 6.42 Å². The Morgan fingerprint density at radius 2 is 2.37 bits per heavy atom. The number of aromatic nitrogens is 2. The minimum Gasteiger partial charge on any atom is -0.480 e. The SMILES string of the molecule is C=CCC(NC(=O)NCCc1ccnn1C)C(=O)O. The normalized spacial score (nSPS) is 11.6. The first-order valence-corrected chi connectivity index (χ1v) is 5.89. The zero-order chi connectivity index (χ0) is 14.3. The van der Waals surface area contributed by atoms with E-state index in [1.54, 1.807) is 10.9 Å². The monoisotopic (exact) mass is 266 g/mol. The lowest BCUT2D eigenvalue weighted by atomic mass is 10.2. The molecule has 0 aliphatic rings. The lowest BCUT2D eigenvalue weighted by molar-refractivity contribution is -0.139. The maximum absolute atomic E-state index is 11.5. The van der Waals surface area contributed by atoms with Crippen molar-refractivity contribution in [2.45, 2.75) is 18.9 Å². The molecule has 3 N–H and O–H groups in total. The third-order valence-corrected chi connectivity index (χ3v) is 2.59. The predicted molar refractivity (Wildman–Crippen MR) is 69.7 cm³/mol. The highest BCUT2D eigenvalue weighted by atomic mass is 16.4. The number of amides is 2. The number of nitrogens with zero attached hydrogens (tertiary/aromatic N) is 2. The highest BCUT2D eigenvalue weighted by Crippen LogP contribution is 1.96. The highest BCUT2D eigenvalue weighted by molar-refractivity contribution is 5.82. The van der Waals surface area contributed by atoms with Gasteiger partial charge in [0.1, 0.15) is 6.04 Å². The topological polar surface area (TPSA) is 96.3 Å². The molecule has 7 nitrogen and oxygen atoms in total. The van der Waals surface area contributed by atoms with Gasteiger partial charge in [-0.1, -0.05) is 6.08 Å². The summed E-state index contributed by atoms with van der Waals surface area (Å²) in [5, 5.41) is 17.8. The Bertz CT molecular complexity index is 456. The summed E-state index contributed by atoms with van der Waals surface area (Å²) in [7, 11) is 1.82. The van der Waals surface area contributed by atoms with Crippen LogP contribution in [0.2, 0.25) is 0 Å². The lowest BCUT2D eigenvalue weighted by Gasteiger charge is -2.13. The Kier molecular flexibility index (Phi) is 5.59. The number of hydrogen-bond acceptors (Lipinski definition) is 3. The van der Waals surface area contributed by atoms with Gasteiger partial charge in [-0.25, -0.2) is 9.59 Å².